The first-order valence-corrected chi connectivity index (χ1v) is 6.06. The zero-order valence-electron chi connectivity index (χ0n) is 10.0. The number of carbonyl (C=O) groups is 1. The van der Waals surface area contributed by atoms with Gasteiger partial charge in [-0.05, 0) is 38.4 Å². The summed E-state index contributed by atoms with van der Waals surface area (Å²) in [5, 5.41) is 6.07. The minimum atomic E-state index is -0.0502. The van der Waals surface area contributed by atoms with Gasteiger partial charge in [-0.1, -0.05) is 6.07 Å². The molecule has 0 radical (unpaired) electrons. The molecule has 1 amide bonds. The summed E-state index contributed by atoms with van der Waals surface area (Å²) < 4.78 is 5.39. The average Bonchev–Trinajstić information content (AvgIpc) is 2.83. The molecule has 0 saturated carbocycles. The van der Waals surface area contributed by atoms with Crippen LogP contribution in [0, 0.1) is 0 Å². The first-order chi connectivity index (χ1) is 8.29. The molecule has 92 valence electrons. The molecule has 1 aliphatic rings. The molecule has 1 aliphatic heterocycles. The predicted octanol–water partition coefficient (Wildman–Crippen LogP) is 1.78. The molecule has 1 fully saturated rings. The molecule has 4 nitrogen and oxygen atoms in total. The lowest BCUT2D eigenvalue weighted by atomic mass is 10.2. The molecule has 2 rings (SSSR count). The van der Waals surface area contributed by atoms with E-state index < -0.39 is 0 Å². The van der Waals surface area contributed by atoms with Gasteiger partial charge in [0.2, 0.25) is 5.91 Å². The van der Waals surface area contributed by atoms with E-state index in [4.69, 9.17) is 4.74 Å². The molecule has 0 aliphatic carbocycles. The van der Waals surface area contributed by atoms with Crippen LogP contribution in [0.15, 0.2) is 24.3 Å². The number of carbonyl (C=O) groups excluding carboxylic acids is 1. The van der Waals surface area contributed by atoms with Crippen LogP contribution in [0.3, 0.4) is 0 Å². The van der Waals surface area contributed by atoms with Crippen molar-refractivity contribution in [3.05, 3.63) is 24.3 Å². The molecule has 4 heteroatoms. The van der Waals surface area contributed by atoms with Crippen LogP contribution >= 0.6 is 0 Å². The maximum Gasteiger partial charge on any atom is 0.241 e. The largest absolute Gasteiger partial charge is 0.494 e. The van der Waals surface area contributed by atoms with Crippen LogP contribution in [0.2, 0.25) is 0 Å². The third kappa shape index (κ3) is 3.20. The number of hydrogen-bond donors (Lipinski definition) is 2. The van der Waals surface area contributed by atoms with E-state index in [1.165, 1.54) is 0 Å². The summed E-state index contributed by atoms with van der Waals surface area (Å²) in [6, 6.07) is 7.42. The highest BCUT2D eigenvalue weighted by Crippen LogP contribution is 2.18. The molecule has 1 saturated heterocycles. The van der Waals surface area contributed by atoms with Crippen LogP contribution in [-0.4, -0.2) is 25.1 Å². The lowest BCUT2D eigenvalue weighted by Gasteiger charge is -2.12. The van der Waals surface area contributed by atoms with Crippen molar-refractivity contribution in [2.75, 3.05) is 18.5 Å². The smallest absolute Gasteiger partial charge is 0.241 e. The highest BCUT2D eigenvalue weighted by atomic mass is 16.5. The molecule has 1 unspecified atom stereocenters. The third-order valence-electron chi connectivity index (χ3n) is 2.79. The number of anilines is 1. The highest BCUT2D eigenvalue weighted by Gasteiger charge is 2.21. The molecule has 0 spiro atoms. The van der Waals surface area contributed by atoms with E-state index in [9.17, 15) is 4.79 Å². The molecule has 0 bridgehead atoms. The van der Waals surface area contributed by atoms with Crippen molar-refractivity contribution in [1.82, 2.24) is 5.32 Å². The summed E-state index contributed by atoms with van der Waals surface area (Å²) in [6.07, 6.45) is 1.98. The fourth-order valence-corrected chi connectivity index (χ4v) is 1.97. The fourth-order valence-electron chi connectivity index (χ4n) is 1.97. The zero-order chi connectivity index (χ0) is 12.1. The Morgan fingerprint density at radius 2 is 2.47 bits per heavy atom. The Kier molecular flexibility index (Phi) is 3.98. The number of benzene rings is 1. The van der Waals surface area contributed by atoms with E-state index >= 15 is 0 Å². The van der Waals surface area contributed by atoms with Gasteiger partial charge in [-0.25, -0.2) is 0 Å². The van der Waals surface area contributed by atoms with Gasteiger partial charge in [0.1, 0.15) is 5.75 Å². The second kappa shape index (κ2) is 5.68. The SMILES string of the molecule is CCOc1cccc(NC(=O)C2CCCN2)c1. The predicted molar refractivity (Wildman–Crippen MR) is 67.3 cm³/mol. The highest BCUT2D eigenvalue weighted by molar-refractivity contribution is 5.95. The van der Waals surface area contributed by atoms with Crippen molar-refractivity contribution in [2.24, 2.45) is 0 Å². The van der Waals surface area contributed by atoms with E-state index in [0.29, 0.717) is 6.61 Å². The third-order valence-corrected chi connectivity index (χ3v) is 2.79. The van der Waals surface area contributed by atoms with Gasteiger partial charge >= 0.3 is 0 Å². The van der Waals surface area contributed by atoms with Crippen molar-refractivity contribution >= 4 is 11.6 Å². The first kappa shape index (κ1) is 11.9. The van der Waals surface area contributed by atoms with E-state index in [2.05, 4.69) is 10.6 Å². The molecule has 1 heterocycles. The lowest BCUT2D eigenvalue weighted by molar-refractivity contribution is -0.117. The molecule has 1 atom stereocenters. The maximum atomic E-state index is 11.9. The van der Waals surface area contributed by atoms with Gasteiger partial charge in [-0.2, -0.15) is 0 Å². The molecular weight excluding hydrogens is 216 g/mol. The second-order valence-corrected chi connectivity index (χ2v) is 4.10. The van der Waals surface area contributed by atoms with E-state index in [1.807, 2.05) is 31.2 Å². The molecule has 1 aromatic carbocycles. The van der Waals surface area contributed by atoms with Crippen molar-refractivity contribution < 1.29 is 9.53 Å². The Balaban J connectivity index is 1.97. The summed E-state index contributed by atoms with van der Waals surface area (Å²) in [5.74, 6) is 0.820. The van der Waals surface area contributed by atoms with Gasteiger partial charge in [0.25, 0.3) is 0 Å². The van der Waals surface area contributed by atoms with Crippen molar-refractivity contribution in [3.8, 4) is 5.75 Å². The number of ether oxygens (including phenoxy) is 1. The van der Waals surface area contributed by atoms with E-state index in [0.717, 1.165) is 30.8 Å². The molecule has 1 aromatic rings. The fraction of sp³-hybridized carbons (Fsp3) is 0.462. The van der Waals surface area contributed by atoms with Gasteiger partial charge in [-0.3, -0.25) is 4.79 Å². The zero-order valence-corrected chi connectivity index (χ0v) is 10.0. The van der Waals surface area contributed by atoms with Crippen LogP contribution < -0.4 is 15.4 Å². The molecular formula is C13H18N2O2. The van der Waals surface area contributed by atoms with Gasteiger partial charge in [0, 0.05) is 11.8 Å². The van der Waals surface area contributed by atoms with Crippen LogP contribution in [0.4, 0.5) is 5.69 Å². The van der Waals surface area contributed by atoms with Crippen molar-refractivity contribution in [3.63, 3.8) is 0 Å². The molecule has 17 heavy (non-hydrogen) atoms. The Hall–Kier alpha value is -1.55. The number of nitrogens with one attached hydrogen (secondary N) is 2. The number of amides is 1. The second-order valence-electron chi connectivity index (χ2n) is 4.10. The minimum Gasteiger partial charge on any atom is -0.494 e. The van der Waals surface area contributed by atoms with Gasteiger partial charge in [-0.15, -0.1) is 0 Å². The van der Waals surface area contributed by atoms with E-state index in [1.54, 1.807) is 0 Å². The van der Waals surface area contributed by atoms with Gasteiger partial charge in [0.05, 0.1) is 12.6 Å². The standard InChI is InChI=1S/C13H18N2O2/c1-2-17-11-6-3-5-10(9-11)15-13(16)12-7-4-8-14-12/h3,5-6,9,12,14H,2,4,7-8H2,1H3,(H,15,16). The molecule has 2 N–H and O–H groups in total. The normalized spacial score (nSPS) is 19.0. The van der Waals surface area contributed by atoms with Crippen LogP contribution in [-0.2, 0) is 4.79 Å². The summed E-state index contributed by atoms with van der Waals surface area (Å²) in [5.41, 5.74) is 0.787. The van der Waals surface area contributed by atoms with Crippen molar-refractivity contribution in [2.45, 2.75) is 25.8 Å². The lowest BCUT2D eigenvalue weighted by Crippen LogP contribution is -2.35. The number of hydrogen-bond acceptors (Lipinski definition) is 3. The monoisotopic (exact) mass is 234 g/mol. The Morgan fingerprint density at radius 3 is 3.18 bits per heavy atom. The van der Waals surface area contributed by atoms with E-state index in [-0.39, 0.29) is 11.9 Å². The summed E-state index contributed by atoms with van der Waals surface area (Å²) >= 11 is 0. The Bertz CT molecular complexity index is 387. The summed E-state index contributed by atoms with van der Waals surface area (Å²) in [4.78, 5) is 11.9. The van der Waals surface area contributed by atoms with Gasteiger partial charge < -0.3 is 15.4 Å². The Labute approximate surface area is 101 Å². The van der Waals surface area contributed by atoms with Gasteiger partial charge in [0.15, 0.2) is 0 Å². The summed E-state index contributed by atoms with van der Waals surface area (Å²) in [6.45, 7) is 3.49. The van der Waals surface area contributed by atoms with Crippen molar-refractivity contribution in [1.29, 1.82) is 0 Å². The van der Waals surface area contributed by atoms with Crippen LogP contribution in [0.25, 0.3) is 0 Å². The number of rotatable bonds is 4. The quantitative estimate of drug-likeness (QED) is 0.835. The maximum absolute atomic E-state index is 11.9. The Morgan fingerprint density at radius 1 is 1.59 bits per heavy atom. The van der Waals surface area contributed by atoms with Crippen LogP contribution in [0.5, 0.6) is 5.75 Å². The topological polar surface area (TPSA) is 50.4 Å². The minimum absolute atomic E-state index is 0.0381. The summed E-state index contributed by atoms with van der Waals surface area (Å²) in [7, 11) is 0. The first-order valence-electron chi connectivity index (χ1n) is 6.06. The average molecular weight is 234 g/mol. The van der Waals surface area contributed by atoms with Crippen LogP contribution in [0.1, 0.15) is 19.8 Å². The molecule has 0 aromatic heterocycles.